The molecule has 154 valence electrons. The number of pyridine rings is 1. The van der Waals surface area contributed by atoms with Gasteiger partial charge in [0, 0.05) is 16.1 Å². The van der Waals surface area contributed by atoms with E-state index in [4.69, 9.17) is 5.26 Å². The molecule has 6 nitrogen and oxygen atoms in total. The Morgan fingerprint density at radius 1 is 1.23 bits per heavy atom. The largest absolute Gasteiger partial charge is 0.468 e. The molecule has 0 saturated heterocycles. The molecule has 1 amide bonds. The molecule has 9 heteroatoms. The molecule has 0 bridgehead atoms. The molecule has 1 heterocycles. The van der Waals surface area contributed by atoms with E-state index in [0.717, 1.165) is 46.2 Å². The number of hydrogen-bond acceptors (Lipinski definition) is 5. The first-order valence-electron chi connectivity index (χ1n) is 8.52. The average Bonchev–Trinajstić information content (AvgIpc) is 2.74. The zero-order chi connectivity index (χ0) is 22.3. The number of nitrogens with one attached hydrogen (secondary N) is 1. The number of hydrogen-bond donors (Lipinski definition) is 1. The molecule has 0 aliphatic heterocycles. The summed E-state index contributed by atoms with van der Waals surface area (Å²) >= 11 is 3.43. The highest BCUT2D eigenvalue weighted by Gasteiger charge is 2.17. The van der Waals surface area contributed by atoms with Gasteiger partial charge in [0.25, 0.3) is 5.91 Å². The molecule has 0 unspecified atom stereocenters. The van der Waals surface area contributed by atoms with Crippen LogP contribution in [0.3, 0.4) is 0 Å². The van der Waals surface area contributed by atoms with Gasteiger partial charge in [0.15, 0.2) is 0 Å². The summed E-state index contributed by atoms with van der Waals surface area (Å²) in [5.74, 6) is -3.67. The van der Waals surface area contributed by atoms with Crippen molar-refractivity contribution in [3.05, 3.63) is 75.4 Å². The van der Waals surface area contributed by atoms with Gasteiger partial charge in [-0.1, -0.05) is 12.1 Å². The Hall–Kier alpha value is -3.38. The molecular formula is C21H16BrF2N3O3. The normalized spacial score (nSPS) is 9.87. The van der Waals surface area contributed by atoms with E-state index in [-0.39, 0.29) is 0 Å². The standard InChI is InChI=1S/C11H7BrN2.C10H9F2NO3/c1-7-2-3-10(12)11-9(7)4-8(5-13)6-14-11;1-16-8(14)5-13-10(15)9-6(11)3-2-4-7(9)12/h2-4,6H,1H3;2-4H,5H2,1H3,(H,13,15). The first-order valence-corrected chi connectivity index (χ1v) is 9.31. The van der Waals surface area contributed by atoms with Crippen molar-refractivity contribution in [1.29, 1.82) is 5.26 Å². The van der Waals surface area contributed by atoms with Crippen LogP contribution in [-0.4, -0.2) is 30.5 Å². The highest BCUT2D eigenvalue weighted by atomic mass is 79.9. The van der Waals surface area contributed by atoms with Crippen molar-refractivity contribution in [3.63, 3.8) is 0 Å². The van der Waals surface area contributed by atoms with Crippen LogP contribution in [0.5, 0.6) is 0 Å². The van der Waals surface area contributed by atoms with Crippen LogP contribution in [0.4, 0.5) is 8.78 Å². The van der Waals surface area contributed by atoms with E-state index in [1.165, 1.54) is 0 Å². The second kappa shape index (κ2) is 10.4. The number of fused-ring (bicyclic) bond motifs is 1. The number of nitriles is 1. The molecule has 0 fully saturated rings. The van der Waals surface area contributed by atoms with Crippen molar-refractivity contribution in [3.8, 4) is 6.07 Å². The molecule has 3 rings (SSSR count). The molecule has 3 aromatic rings. The van der Waals surface area contributed by atoms with Gasteiger partial charge in [0.05, 0.1) is 18.2 Å². The molecule has 2 aromatic carbocycles. The van der Waals surface area contributed by atoms with Crippen LogP contribution in [0.15, 0.2) is 47.1 Å². The fraction of sp³-hybridized carbons (Fsp3) is 0.143. The maximum absolute atomic E-state index is 13.1. The van der Waals surface area contributed by atoms with Crippen LogP contribution in [0, 0.1) is 29.9 Å². The number of methoxy groups -OCH3 is 1. The topological polar surface area (TPSA) is 92.1 Å². The highest BCUT2D eigenvalue weighted by Crippen LogP contribution is 2.25. The fourth-order valence-electron chi connectivity index (χ4n) is 2.41. The van der Waals surface area contributed by atoms with Crippen molar-refractivity contribution in [2.75, 3.05) is 13.7 Å². The predicted molar refractivity (Wildman–Crippen MR) is 110 cm³/mol. The van der Waals surface area contributed by atoms with E-state index >= 15 is 0 Å². The minimum Gasteiger partial charge on any atom is -0.468 e. The average molecular weight is 476 g/mol. The number of aromatic nitrogens is 1. The number of carbonyl (C=O) groups is 2. The third-order valence-electron chi connectivity index (χ3n) is 3.96. The monoisotopic (exact) mass is 475 g/mol. The highest BCUT2D eigenvalue weighted by molar-refractivity contribution is 9.10. The molecule has 0 atom stereocenters. The molecule has 1 N–H and O–H groups in total. The van der Waals surface area contributed by atoms with E-state index in [9.17, 15) is 18.4 Å². The van der Waals surface area contributed by atoms with Crippen LogP contribution in [0.1, 0.15) is 21.5 Å². The van der Waals surface area contributed by atoms with Crippen molar-refractivity contribution in [1.82, 2.24) is 10.3 Å². The van der Waals surface area contributed by atoms with Crippen molar-refractivity contribution in [2.45, 2.75) is 6.92 Å². The number of carbonyl (C=O) groups excluding carboxylic acids is 2. The van der Waals surface area contributed by atoms with Crippen LogP contribution >= 0.6 is 15.9 Å². The Bertz CT molecular complexity index is 1130. The number of halogens is 3. The van der Waals surface area contributed by atoms with Gasteiger partial charge in [-0.25, -0.2) is 8.78 Å². The third kappa shape index (κ3) is 5.58. The smallest absolute Gasteiger partial charge is 0.325 e. The first-order chi connectivity index (χ1) is 14.3. The van der Waals surface area contributed by atoms with Crippen LogP contribution in [0.2, 0.25) is 0 Å². The van der Waals surface area contributed by atoms with Gasteiger partial charge in [-0.05, 0) is 52.7 Å². The minimum atomic E-state index is -0.999. The van der Waals surface area contributed by atoms with Crippen molar-refractivity contribution >= 4 is 38.7 Å². The Labute approximate surface area is 179 Å². The third-order valence-corrected chi connectivity index (χ3v) is 4.60. The van der Waals surface area contributed by atoms with E-state index in [0.29, 0.717) is 5.56 Å². The zero-order valence-electron chi connectivity index (χ0n) is 16.0. The Balaban J connectivity index is 0.000000215. The van der Waals surface area contributed by atoms with Gasteiger partial charge in [-0.15, -0.1) is 0 Å². The molecule has 0 radical (unpaired) electrons. The summed E-state index contributed by atoms with van der Waals surface area (Å²) in [5, 5.41) is 11.8. The number of nitrogens with zero attached hydrogens (tertiary/aromatic N) is 2. The summed E-state index contributed by atoms with van der Waals surface area (Å²) in [6.07, 6.45) is 1.59. The second-order valence-electron chi connectivity index (χ2n) is 5.95. The molecule has 1 aromatic heterocycles. The number of rotatable bonds is 3. The van der Waals surface area contributed by atoms with Crippen molar-refractivity contribution in [2.24, 2.45) is 0 Å². The Morgan fingerprint density at radius 3 is 2.50 bits per heavy atom. The van der Waals surface area contributed by atoms with E-state index in [1.807, 2.05) is 30.4 Å². The van der Waals surface area contributed by atoms with E-state index in [2.05, 4.69) is 31.7 Å². The number of esters is 1. The number of amides is 1. The van der Waals surface area contributed by atoms with E-state index in [1.54, 1.807) is 6.20 Å². The van der Waals surface area contributed by atoms with Crippen LogP contribution in [-0.2, 0) is 9.53 Å². The summed E-state index contributed by atoms with van der Waals surface area (Å²) in [6.45, 7) is 1.57. The molecule has 0 aliphatic rings. The number of aryl methyl sites for hydroxylation is 1. The lowest BCUT2D eigenvalue weighted by molar-refractivity contribution is -0.139. The molecule has 0 saturated carbocycles. The van der Waals surface area contributed by atoms with Gasteiger partial charge in [0.1, 0.15) is 29.8 Å². The first kappa shape index (κ1) is 22.9. The lowest BCUT2D eigenvalue weighted by atomic mass is 10.1. The summed E-state index contributed by atoms with van der Waals surface area (Å²) in [4.78, 5) is 26.2. The molecular weight excluding hydrogens is 460 g/mol. The summed E-state index contributed by atoms with van der Waals surface area (Å²) in [5.41, 5.74) is 1.92. The molecule has 30 heavy (non-hydrogen) atoms. The SMILES string of the molecule is COC(=O)CNC(=O)c1c(F)cccc1F.Cc1ccc(Br)c2ncc(C#N)cc12. The van der Waals surface area contributed by atoms with Gasteiger partial charge in [0.2, 0.25) is 0 Å². The summed E-state index contributed by atoms with van der Waals surface area (Å²) in [7, 11) is 1.14. The Kier molecular flexibility index (Phi) is 7.95. The fourth-order valence-corrected chi connectivity index (χ4v) is 2.86. The molecule has 0 spiro atoms. The molecule has 0 aliphatic carbocycles. The second-order valence-corrected chi connectivity index (χ2v) is 6.81. The maximum Gasteiger partial charge on any atom is 0.325 e. The zero-order valence-corrected chi connectivity index (χ0v) is 17.6. The van der Waals surface area contributed by atoms with Crippen LogP contribution < -0.4 is 5.32 Å². The van der Waals surface area contributed by atoms with Gasteiger partial charge >= 0.3 is 5.97 Å². The number of ether oxygens (including phenoxy) is 1. The summed E-state index contributed by atoms with van der Waals surface area (Å²) in [6, 6.07) is 11.0. The van der Waals surface area contributed by atoms with Gasteiger partial charge in [-0.2, -0.15) is 5.26 Å². The van der Waals surface area contributed by atoms with Crippen LogP contribution in [0.25, 0.3) is 10.9 Å². The lowest BCUT2D eigenvalue weighted by Crippen LogP contribution is -2.31. The maximum atomic E-state index is 13.1. The van der Waals surface area contributed by atoms with Crippen molar-refractivity contribution < 1.29 is 23.1 Å². The Morgan fingerprint density at radius 2 is 1.90 bits per heavy atom. The minimum absolute atomic E-state index is 0.441. The summed E-state index contributed by atoms with van der Waals surface area (Å²) < 4.78 is 31.4. The number of benzene rings is 2. The lowest BCUT2D eigenvalue weighted by Gasteiger charge is -2.05. The van der Waals surface area contributed by atoms with E-state index < -0.39 is 35.6 Å². The van der Waals surface area contributed by atoms with Gasteiger partial charge in [-0.3, -0.25) is 14.6 Å². The quantitative estimate of drug-likeness (QED) is 0.577. The van der Waals surface area contributed by atoms with Gasteiger partial charge < -0.3 is 10.1 Å². The predicted octanol–water partition coefficient (Wildman–Crippen LogP) is 4.05.